The van der Waals surface area contributed by atoms with E-state index >= 15 is 0 Å². The lowest BCUT2D eigenvalue weighted by Gasteiger charge is -2.53. The lowest BCUT2D eigenvalue weighted by atomic mass is 9.54. The van der Waals surface area contributed by atoms with Gasteiger partial charge in [0.25, 0.3) is 0 Å². The first kappa shape index (κ1) is 17.3. The Morgan fingerprint density at radius 3 is 2.52 bits per heavy atom. The van der Waals surface area contributed by atoms with Crippen LogP contribution in [-0.2, 0) is 14.3 Å². The maximum atomic E-state index is 11.5. The maximum absolute atomic E-state index is 11.5. The lowest BCUT2D eigenvalue weighted by Crippen LogP contribution is -2.56. The standard InChI is InChI=1S/C20H28O5/c1-18(2)7-5-6-12-13(18)9-15(21)20(4)19(12,3)10-14(25-20)11-8-16(22)24-17(11)23/h8,14-15,17,21,23H,5-7,9-10H2,1-4H3/t14-,15-,17+,19+,20-/m0/s1. The number of aliphatic hydroxyl groups excluding tert-OH is 2. The lowest BCUT2D eigenvalue weighted by molar-refractivity contribution is -0.156. The van der Waals surface area contributed by atoms with Crippen molar-refractivity contribution in [3.8, 4) is 0 Å². The van der Waals surface area contributed by atoms with Crippen molar-refractivity contribution in [3.05, 3.63) is 22.8 Å². The number of carbonyl (C=O) groups excluding carboxylic acids is 1. The summed E-state index contributed by atoms with van der Waals surface area (Å²) in [6.07, 6.45) is 3.69. The highest BCUT2D eigenvalue weighted by Crippen LogP contribution is 2.63. The van der Waals surface area contributed by atoms with Crippen LogP contribution in [0.1, 0.15) is 59.8 Å². The van der Waals surface area contributed by atoms with E-state index in [2.05, 4.69) is 20.8 Å². The highest BCUT2D eigenvalue weighted by molar-refractivity contribution is 5.85. The first-order valence-corrected chi connectivity index (χ1v) is 9.27. The summed E-state index contributed by atoms with van der Waals surface area (Å²) in [6.45, 7) is 8.69. The number of rotatable bonds is 1. The summed E-state index contributed by atoms with van der Waals surface area (Å²) in [5.74, 6) is -0.532. The van der Waals surface area contributed by atoms with E-state index in [9.17, 15) is 15.0 Å². The molecule has 2 aliphatic carbocycles. The van der Waals surface area contributed by atoms with Crippen molar-refractivity contribution in [2.75, 3.05) is 0 Å². The van der Waals surface area contributed by atoms with Gasteiger partial charge in [-0.1, -0.05) is 31.9 Å². The Bertz CT molecular complexity index is 690. The molecule has 0 spiro atoms. The molecular weight excluding hydrogens is 320 g/mol. The van der Waals surface area contributed by atoms with Gasteiger partial charge in [0.05, 0.1) is 12.2 Å². The number of hydrogen-bond donors (Lipinski definition) is 2. The smallest absolute Gasteiger partial charge is 0.333 e. The zero-order chi connectivity index (χ0) is 18.2. The minimum Gasteiger partial charge on any atom is -0.429 e. The minimum absolute atomic E-state index is 0.0994. The van der Waals surface area contributed by atoms with Crippen molar-refractivity contribution < 1.29 is 24.5 Å². The topological polar surface area (TPSA) is 76.0 Å². The van der Waals surface area contributed by atoms with Gasteiger partial charge in [-0.2, -0.15) is 0 Å². The molecule has 25 heavy (non-hydrogen) atoms. The summed E-state index contributed by atoms with van der Waals surface area (Å²) in [5.41, 5.74) is 2.33. The summed E-state index contributed by atoms with van der Waals surface area (Å²) < 4.78 is 11.2. The third-order valence-electron chi connectivity index (χ3n) is 7.35. The van der Waals surface area contributed by atoms with Gasteiger partial charge in [0.2, 0.25) is 6.29 Å². The van der Waals surface area contributed by atoms with E-state index in [0.29, 0.717) is 18.4 Å². The fourth-order valence-electron chi connectivity index (χ4n) is 5.58. The fraction of sp³-hybridized carbons (Fsp3) is 0.750. The Morgan fingerprint density at radius 2 is 1.88 bits per heavy atom. The number of fused-ring (bicyclic) bond motifs is 2. The van der Waals surface area contributed by atoms with Crippen LogP contribution in [0.25, 0.3) is 0 Å². The molecule has 4 rings (SSSR count). The molecule has 0 aromatic rings. The molecule has 2 heterocycles. The minimum atomic E-state index is -1.24. The van der Waals surface area contributed by atoms with Gasteiger partial charge >= 0.3 is 5.97 Å². The second-order valence-electron chi connectivity index (χ2n) is 9.10. The molecule has 5 atom stereocenters. The Labute approximate surface area is 148 Å². The Balaban J connectivity index is 1.78. The predicted molar refractivity (Wildman–Crippen MR) is 91.5 cm³/mol. The highest BCUT2D eigenvalue weighted by atomic mass is 16.6. The molecule has 138 valence electrons. The molecule has 5 heteroatoms. The van der Waals surface area contributed by atoms with Crippen molar-refractivity contribution in [1.29, 1.82) is 0 Å². The second kappa shape index (κ2) is 5.18. The number of carbonyl (C=O) groups is 1. The first-order chi connectivity index (χ1) is 11.6. The van der Waals surface area contributed by atoms with Crippen molar-refractivity contribution in [2.45, 2.75) is 83.9 Å². The molecule has 0 bridgehead atoms. The first-order valence-electron chi connectivity index (χ1n) is 9.27. The van der Waals surface area contributed by atoms with Gasteiger partial charge in [-0.3, -0.25) is 0 Å². The van der Waals surface area contributed by atoms with Gasteiger partial charge in [0.15, 0.2) is 0 Å². The Morgan fingerprint density at radius 1 is 1.16 bits per heavy atom. The average molecular weight is 348 g/mol. The molecule has 1 saturated heterocycles. The van der Waals surface area contributed by atoms with Crippen molar-refractivity contribution in [3.63, 3.8) is 0 Å². The number of ether oxygens (including phenoxy) is 2. The summed E-state index contributed by atoms with van der Waals surface area (Å²) in [7, 11) is 0. The van der Waals surface area contributed by atoms with Crippen LogP contribution in [0.3, 0.4) is 0 Å². The second-order valence-corrected chi connectivity index (χ2v) is 9.10. The van der Waals surface area contributed by atoms with E-state index in [1.165, 1.54) is 17.2 Å². The van der Waals surface area contributed by atoms with E-state index in [4.69, 9.17) is 9.47 Å². The molecule has 0 amide bonds. The van der Waals surface area contributed by atoms with Crippen LogP contribution in [0.15, 0.2) is 22.8 Å². The van der Waals surface area contributed by atoms with Crippen LogP contribution in [0.5, 0.6) is 0 Å². The number of cyclic esters (lactones) is 1. The molecule has 2 N–H and O–H groups in total. The van der Waals surface area contributed by atoms with Gasteiger partial charge in [0.1, 0.15) is 5.60 Å². The third-order valence-corrected chi connectivity index (χ3v) is 7.35. The van der Waals surface area contributed by atoms with E-state index in [0.717, 1.165) is 19.3 Å². The van der Waals surface area contributed by atoms with E-state index in [1.54, 1.807) is 0 Å². The summed E-state index contributed by atoms with van der Waals surface area (Å²) in [6, 6.07) is 0. The number of hydrogen-bond acceptors (Lipinski definition) is 5. The normalized spacial score (nSPS) is 45.8. The Kier molecular flexibility index (Phi) is 3.57. The molecule has 0 saturated carbocycles. The number of esters is 1. The molecule has 0 aromatic heterocycles. The molecule has 0 radical (unpaired) electrons. The zero-order valence-corrected chi connectivity index (χ0v) is 15.5. The SMILES string of the molecule is CC1(C)CCCC2=C1C[C@H](O)[C@]1(C)O[C@H](C3=CC(=O)O[C@H]3O)C[C@]21C. The Hall–Kier alpha value is -1.17. The van der Waals surface area contributed by atoms with Crippen molar-refractivity contribution in [2.24, 2.45) is 10.8 Å². The molecule has 5 nitrogen and oxygen atoms in total. The molecule has 0 unspecified atom stereocenters. The quantitative estimate of drug-likeness (QED) is 0.563. The van der Waals surface area contributed by atoms with Crippen molar-refractivity contribution in [1.82, 2.24) is 0 Å². The molecule has 1 fully saturated rings. The van der Waals surface area contributed by atoms with Gasteiger partial charge in [-0.15, -0.1) is 0 Å². The average Bonchev–Trinajstić information content (AvgIpc) is 2.99. The van der Waals surface area contributed by atoms with E-state index in [1.807, 2.05) is 6.92 Å². The number of aliphatic hydroxyl groups is 2. The van der Waals surface area contributed by atoms with Crippen LogP contribution < -0.4 is 0 Å². The van der Waals surface area contributed by atoms with E-state index < -0.39 is 30.1 Å². The monoisotopic (exact) mass is 348 g/mol. The molecule has 2 aliphatic heterocycles. The highest BCUT2D eigenvalue weighted by Gasteiger charge is 2.64. The van der Waals surface area contributed by atoms with Crippen LogP contribution in [0.2, 0.25) is 0 Å². The third kappa shape index (κ3) is 2.22. The van der Waals surface area contributed by atoms with Crippen LogP contribution in [-0.4, -0.2) is 40.3 Å². The van der Waals surface area contributed by atoms with Gasteiger partial charge in [-0.25, -0.2) is 4.79 Å². The summed E-state index contributed by atoms with van der Waals surface area (Å²) in [4.78, 5) is 11.5. The molecular formula is C20H28O5. The van der Waals surface area contributed by atoms with Gasteiger partial charge < -0.3 is 19.7 Å². The molecule has 4 aliphatic rings. The molecule has 0 aromatic carbocycles. The van der Waals surface area contributed by atoms with Gasteiger partial charge in [0, 0.05) is 17.1 Å². The fourth-order valence-corrected chi connectivity index (χ4v) is 5.58. The van der Waals surface area contributed by atoms with Gasteiger partial charge in [-0.05, 0) is 44.4 Å². The maximum Gasteiger partial charge on any atom is 0.333 e. The van der Waals surface area contributed by atoms with E-state index in [-0.39, 0.29) is 10.8 Å². The van der Waals surface area contributed by atoms with Crippen LogP contribution in [0, 0.1) is 10.8 Å². The van der Waals surface area contributed by atoms with Crippen LogP contribution in [0.4, 0.5) is 0 Å². The summed E-state index contributed by atoms with van der Waals surface area (Å²) in [5, 5.41) is 21.1. The van der Waals surface area contributed by atoms with Crippen LogP contribution >= 0.6 is 0 Å². The van der Waals surface area contributed by atoms with Crippen molar-refractivity contribution >= 4 is 5.97 Å². The summed E-state index contributed by atoms with van der Waals surface area (Å²) >= 11 is 0. The largest absolute Gasteiger partial charge is 0.429 e. The zero-order valence-electron chi connectivity index (χ0n) is 15.5. The predicted octanol–water partition coefficient (Wildman–Crippen LogP) is 2.61.